The van der Waals surface area contributed by atoms with Crippen molar-refractivity contribution >= 4 is 0 Å². The van der Waals surface area contributed by atoms with Crippen molar-refractivity contribution in [1.29, 1.82) is 0 Å². The molecule has 0 amide bonds. The van der Waals surface area contributed by atoms with Crippen molar-refractivity contribution in [2.75, 3.05) is 6.61 Å². The molecular formula is C15H29NO. The Labute approximate surface area is 107 Å². The van der Waals surface area contributed by atoms with Gasteiger partial charge in [0.1, 0.15) is 0 Å². The summed E-state index contributed by atoms with van der Waals surface area (Å²) in [5.74, 6) is 1.02. The molecule has 0 aromatic carbocycles. The molecule has 0 atom stereocenters. The smallest absolute Gasteiger partial charge is 0.0604 e. The third kappa shape index (κ3) is 3.96. The van der Waals surface area contributed by atoms with E-state index in [-0.39, 0.29) is 0 Å². The SMILES string of the molecule is CCCC1CCC(NC2CC(OCC)C2)CC1. The van der Waals surface area contributed by atoms with E-state index in [0.717, 1.165) is 24.6 Å². The lowest BCUT2D eigenvalue weighted by atomic mass is 9.81. The lowest BCUT2D eigenvalue weighted by Gasteiger charge is -2.40. The molecule has 0 aliphatic heterocycles. The normalized spacial score (nSPS) is 37.8. The first-order valence-electron chi connectivity index (χ1n) is 7.69. The highest BCUT2D eigenvalue weighted by atomic mass is 16.5. The predicted molar refractivity (Wildman–Crippen MR) is 72.2 cm³/mol. The van der Waals surface area contributed by atoms with Gasteiger partial charge >= 0.3 is 0 Å². The maximum atomic E-state index is 5.61. The summed E-state index contributed by atoms with van der Waals surface area (Å²) in [5.41, 5.74) is 0. The Morgan fingerprint density at radius 3 is 2.29 bits per heavy atom. The number of rotatable bonds is 6. The van der Waals surface area contributed by atoms with Crippen molar-refractivity contribution in [3.63, 3.8) is 0 Å². The summed E-state index contributed by atoms with van der Waals surface area (Å²) in [4.78, 5) is 0. The van der Waals surface area contributed by atoms with Crippen molar-refractivity contribution in [1.82, 2.24) is 5.32 Å². The first kappa shape index (κ1) is 13.4. The number of nitrogens with one attached hydrogen (secondary N) is 1. The Kier molecular flexibility index (Phi) is 5.30. The van der Waals surface area contributed by atoms with Crippen LogP contribution in [0.2, 0.25) is 0 Å². The minimum atomic E-state index is 0.550. The molecule has 0 unspecified atom stereocenters. The molecule has 17 heavy (non-hydrogen) atoms. The topological polar surface area (TPSA) is 21.3 Å². The quantitative estimate of drug-likeness (QED) is 0.766. The van der Waals surface area contributed by atoms with Gasteiger partial charge < -0.3 is 10.1 Å². The molecule has 2 nitrogen and oxygen atoms in total. The average Bonchev–Trinajstić information content (AvgIpc) is 2.29. The average molecular weight is 239 g/mol. The molecule has 0 aromatic heterocycles. The van der Waals surface area contributed by atoms with E-state index in [2.05, 4.69) is 19.2 Å². The molecule has 2 saturated carbocycles. The number of ether oxygens (including phenoxy) is 1. The van der Waals surface area contributed by atoms with Crippen molar-refractivity contribution in [2.45, 2.75) is 83.4 Å². The van der Waals surface area contributed by atoms with Gasteiger partial charge in [0, 0.05) is 18.7 Å². The van der Waals surface area contributed by atoms with E-state index in [0.29, 0.717) is 6.10 Å². The van der Waals surface area contributed by atoms with E-state index >= 15 is 0 Å². The van der Waals surface area contributed by atoms with Gasteiger partial charge in [0.2, 0.25) is 0 Å². The van der Waals surface area contributed by atoms with E-state index < -0.39 is 0 Å². The fraction of sp³-hybridized carbons (Fsp3) is 1.00. The predicted octanol–water partition coefficient (Wildman–Crippen LogP) is 3.50. The van der Waals surface area contributed by atoms with E-state index in [1.165, 1.54) is 51.4 Å². The minimum absolute atomic E-state index is 0.550. The first-order valence-corrected chi connectivity index (χ1v) is 7.69. The van der Waals surface area contributed by atoms with Crippen LogP contribution in [-0.4, -0.2) is 24.8 Å². The van der Waals surface area contributed by atoms with Crippen LogP contribution in [0, 0.1) is 5.92 Å². The molecule has 2 heteroatoms. The Balaban J connectivity index is 1.57. The van der Waals surface area contributed by atoms with Gasteiger partial charge in [-0.2, -0.15) is 0 Å². The molecule has 2 aliphatic rings. The van der Waals surface area contributed by atoms with Crippen molar-refractivity contribution in [2.24, 2.45) is 5.92 Å². The molecule has 2 rings (SSSR count). The monoisotopic (exact) mass is 239 g/mol. The molecule has 1 N–H and O–H groups in total. The molecule has 100 valence electrons. The van der Waals surface area contributed by atoms with Crippen molar-refractivity contribution in [3.8, 4) is 0 Å². The van der Waals surface area contributed by atoms with Crippen LogP contribution in [0.4, 0.5) is 0 Å². The van der Waals surface area contributed by atoms with Crippen LogP contribution >= 0.6 is 0 Å². The van der Waals surface area contributed by atoms with Crippen LogP contribution in [-0.2, 0) is 4.74 Å². The maximum absolute atomic E-state index is 5.61. The van der Waals surface area contributed by atoms with Gasteiger partial charge in [0.15, 0.2) is 0 Å². The van der Waals surface area contributed by atoms with Gasteiger partial charge in [-0.3, -0.25) is 0 Å². The van der Waals surface area contributed by atoms with Crippen LogP contribution in [0.15, 0.2) is 0 Å². The summed E-state index contributed by atoms with van der Waals surface area (Å²) in [6.45, 7) is 5.28. The zero-order valence-corrected chi connectivity index (χ0v) is 11.6. The molecule has 0 heterocycles. The van der Waals surface area contributed by atoms with Gasteiger partial charge in [-0.25, -0.2) is 0 Å². The van der Waals surface area contributed by atoms with Crippen LogP contribution in [0.5, 0.6) is 0 Å². The van der Waals surface area contributed by atoms with Crippen molar-refractivity contribution in [3.05, 3.63) is 0 Å². The summed E-state index contributed by atoms with van der Waals surface area (Å²) >= 11 is 0. The molecule has 0 radical (unpaired) electrons. The van der Waals surface area contributed by atoms with E-state index in [9.17, 15) is 0 Å². The molecule has 0 bridgehead atoms. The molecular weight excluding hydrogens is 210 g/mol. The Morgan fingerprint density at radius 1 is 1.00 bits per heavy atom. The molecule has 0 saturated heterocycles. The molecule has 2 fully saturated rings. The third-order valence-corrected chi connectivity index (χ3v) is 4.51. The molecule has 0 spiro atoms. The molecule has 0 aromatic rings. The fourth-order valence-corrected chi connectivity index (χ4v) is 3.43. The standard InChI is InChI=1S/C15H29NO/c1-3-5-12-6-8-13(9-7-12)16-14-10-15(11-14)17-4-2/h12-16H,3-11H2,1-2H3. The van der Waals surface area contributed by atoms with Gasteiger partial charge in [-0.05, 0) is 51.4 Å². The number of hydrogen-bond donors (Lipinski definition) is 1. The summed E-state index contributed by atoms with van der Waals surface area (Å²) in [6, 6.07) is 1.55. The van der Waals surface area contributed by atoms with Gasteiger partial charge in [-0.1, -0.05) is 19.8 Å². The second-order valence-electron chi connectivity index (χ2n) is 5.92. The third-order valence-electron chi connectivity index (χ3n) is 4.51. The van der Waals surface area contributed by atoms with Gasteiger partial charge in [-0.15, -0.1) is 0 Å². The lowest BCUT2D eigenvalue weighted by Crippen LogP contribution is -2.50. The number of hydrogen-bond acceptors (Lipinski definition) is 2. The van der Waals surface area contributed by atoms with E-state index in [1.54, 1.807) is 0 Å². The highest BCUT2D eigenvalue weighted by Crippen LogP contribution is 2.30. The van der Waals surface area contributed by atoms with Crippen LogP contribution in [0.3, 0.4) is 0 Å². The Bertz CT molecular complexity index is 205. The largest absolute Gasteiger partial charge is 0.378 e. The van der Waals surface area contributed by atoms with Crippen LogP contribution in [0.1, 0.15) is 65.2 Å². The zero-order chi connectivity index (χ0) is 12.1. The second-order valence-corrected chi connectivity index (χ2v) is 5.92. The maximum Gasteiger partial charge on any atom is 0.0604 e. The summed E-state index contributed by atoms with van der Waals surface area (Å²) in [5, 5.41) is 3.83. The van der Waals surface area contributed by atoms with Crippen molar-refractivity contribution < 1.29 is 4.74 Å². The highest BCUT2D eigenvalue weighted by molar-refractivity contribution is 4.89. The van der Waals surface area contributed by atoms with E-state index in [1.807, 2.05) is 0 Å². The lowest BCUT2D eigenvalue weighted by molar-refractivity contribution is -0.0138. The summed E-state index contributed by atoms with van der Waals surface area (Å²) in [6.07, 6.45) is 11.5. The summed E-state index contributed by atoms with van der Waals surface area (Å²) in [7, 11) is 0. The first-order chi connectivity index (χ1) is 8.31. The minimum Gasteiger partial charge on any atom is -0.378 e. The Hall–Kier alpha value is -0.0800. The van der Waals surface area contributed by atoms with Crippen LogP contribution < -0.4 is 5.32 Å². The highest BCUT2D eigenvalue weighted by Gasteiger charge is 2.32. The van der Waals surface area contributed by atoms with Gasteiger partial charge in [0.25, 0.3) is 0 Å². The van der Waals surface area contributed by atoms with E-state index in [4.69, 9.17) is 4.74 Å². The van der Waals surface area contributed by atoms with Crippen LogP contribution in [0.25, 0.3) is 0 Å². The fourth-order valence-electron chi connectivity index (χ4n) is 3.43. The molecule has 2 aliphatic carbocycles. The van der Waals surface area contributed by atoms with Gasteiger partial charge in [0.05, 0.1) is 6.10 Å². The second kappa shape index (κ2) is 6.75. The summed E-state index contributed by atoms with van der Waals surface area (Å²) < 4.78 is 5.61. The zero-order valence-electron chi connectivity index (χ0n) is 11.6. The Morgan fingerprint density at radius 2 is 1.71 bits per heavy atom.